The second-order valence-electron chi connectivity index (χ2n) is 6.89. The summed E-state index contributed by atoms with van der Waals surface area (Å²) in [4.78, 5) is 36.7. The minimum atomic E-state index is -1.00. The van der Waals surface area contributed by atoms with Crippen LogP contribution in [0.4, 0.5) is 10.2 Å². The van der Waals surface area contributed by atoms with E-state index in [1.807, 2.05) is 0 Å². The Hall–Kier alpha value is -3.72. The van der Waals surface area contributed by atoms with E-state index in [4.69, 9.17) is 16.3 Å². The van der Waals surface area contributed by atoms with Gasteiger partial charge in [-0.05, 0) is 50.2 Å². The fourth-order valence-corrected chi connectivity index (χ4v) is 3.01. The van der Waals surface area contributed by atoms with Crippen molar-refractivity contribution in [3.05, 3.63) is 76.7 Å². The molecule has 0 spiro atoms. The highest BCUT2D eigenvalue weighted by molar-refractivity contribution is 6.33. The van der Waals surface area contributed by atoms with Crippen molar-refractivity contribution >= 4 is 35.2 Å². The molecule has 0 saturated carbocycles. The topological polar surface area (TPSA) is 102 Å². The van der Waals surface area contributed by atoms with Gasteiger partial charge in [-0.1, -0.05) is 23.7 Å². The zero-order chi connectivity index (χ0) is 23.3. The van der Waals surface area contributed by atoms with Crippen LogP contribution in [0.3, 0.4) is 0 Å². The van der Waals surface area contributed by atoms with Gasteiger partial charge in [-0.25, -0.2) is 13.9 Å². The first kappa shape index (κ1) is 23.0. The maximum Gasteiger partial charge on any atom is 0.328 e. The summed E-state index contributed by atoms with van der Waals surface area (Å²) < 4.78 is 19.6. The standard InChI is InChI=1S/C22H20ClFN4O4/c1-13-11-19(28(27-13)16-9-7-15(24)8-10-16)26-20(29)12-32-22(31)14(2)25-21(30)17-5-3-4-6-18(17)23/h3-11,14H,12H2,1-2H3,(H,25,30)(H,26,29)/t14-/m0/s1. The molecule has 2 aromatic carbocycles. The first-order valence-electron chi connectivity index (χ1n) is 9.59. The number of rotatable bonds is 7. The third-order valence-corrected chi connectivity index (χ3v) is 4.66. The predicted octanol–water partition coefficient (Wildman–Crippen LogP) is 3.27. The number of ether oxygens (including phenoxy) is 1. The second kappa shape index (κ2) is 10.1. The SMILES string of the molecule is Cc1cc(NC(=O)COC(=O)[C@H](C)NC(=O)c2ccccc2Cl)n(-c2ccc(F)cc2)n1. The molecule has 1 atom stereocenters. The molecule has 0 aliphatic rings. The quantitative estimate of drug-likeness (QED) is 0.529. The monoisotopic (exact) mass is 458 g/mol. The lowest BCUT2D eigenvalue weighted by molar-refractivity contribution is -0.148. The maximum absolute atomic E-state index is 13.2. The van der Waals surface area contributed by atoms with Gasteiger partial charge < -0.3 is 15.4 Å². The fraction of sp³-hybridized carbons (Fsp3) is 0.182. The van der Waals surface area contributed by atoms with Crippen LogP contribution in [0.15, 0.2) is 54.6 Å². The highest BCUT2D eigenvalue weighted by Crippen LogP contribution is 2.18. The van der Waals surface area contributed by atoms with Gasteiger partial charge >= 0.3 is 5.97 Å². The van der Waals surface area contributed by atoms with Crippen LogP contribution in [0, 0.1) is 12.7 Å². The molecule has 3 rings (SSSR count). The summed E-state index contributed by atoms with van der Waals surface area (Å²) in [6.07, 6.45) is 0. The maximum atomic E-state index is 13.2. The van der Waals surface area contributed by atoms with E-state index in [9.17, 15) is 18.8 Å². The molecule has 3 aromatic rings. The number of amides is 2. The number of carbonyl (C=O) groups is 3. The van der Waals surface area contributed by atoms with E-state index < -0.39 is 36.2 Å². The number of hydrogen-bond donors (Lipinski definition) is 2. The summed E-state index contributed by atoms with van der Waals surface area (Å²) in [6.45, 7) is 2.60. The Morgan fingerprint density at radius 1 is 1.16 bits per heavy atom. The van der Waals surface area contributed by atoms with Crippen LogP contribution in [0.2, 0.25) is 5.02 Å². The molecule has 10 heteroatoms. The number of nitrogens with one attached hydrogen (secondary N) is 2. The van der Waals surface area contributed by atoms with E-state index in [1.54, 1.807) is 31.2 Å². The number of esters is 1. The summed E-state index contributed by atoms with van der Waals surface area (Å²) in [7, 11) is 0. The van der Waals surface area contributed by atoms with Crippen molar-refractivity contribution in [1.82, 2.24) is 15.1 Å². The van der Waals surface area contributed by atoms with Crippen LogP contribution in [0.1, 0.15) is 23.0 Å². The number of carbonyl (C=O) groups excluding carboxylic acids is 3. The molecule has 0 radical (unpaired) electrons. The summed E-state index contributed by atoms with van der Waals surface area (Å²) in [5.41, 5.74) is 1.39. The van der Waals surface area contributed by atoms with Gasteiger partial charge in [0.15, 0.2) is 6.61 Å². The molecule has 0 unspecified atom stereocenters. The fourth-order valence-electron chi connectivity index (χ4n) is 2.79. The van der Waals surface area contributed by atoms with Gasteiger partial charge in [0.25, 0.3) is 11.8 Å². The molecule has 0 aliphatic heterocycles. The molecule has 166 valence electrons. The molecule has 0 fully saturated rings. The van der Waals surface area contributed by atoms with Crippen LogP contribution in [0.25, 0.3) is 5.69 Å². The van der Waals surface area contributed by atoms with E-state index in [-0.39, 0.29) is 10.6 Å². The molecule has 32 heavy (non-hydrogen) atoms. The summed E-state index contributed by atoms with van der Waals surface area (Å²) >= 11 is 5.97. The summed E-state index contributed by atoms with van der Waals surface area (Å²) in [5, 5.41) is 9.59. The molecule has 0 aliphatic carbocycles. The number of aromatic nitrogens is 2. The van der Waals surface area contributed by atoms with Crippen LogP contribution < -0.4 is 10.6 Å². The first-order chi connectivity index (χ1) is 15.2. The van der Waals surface area contributed by atoms with Crippen molar-refractivity contribution in [2.24, 2.45) is 0 Å². The van der Waals surface area contributed by atoms with Crippen LogP contribution in [0.5, 0.6) is 0 Å². The molecule has 1 aromatic heterocycles. The molecule has 1 heterocycles. The van der Waals surface area contributed by atoms with Crippen LogP contribution >= 0.6 is 11.6 Å². The van der Waals surface area contributed by atoms with E-state index >= 15 is 0 Å². The molecule has 8 nitrogen and oxygen atoms in total. The van der Waals surface area contributed by atoms with E-state index in [1.165, 1.54) is 41.9 Å². The number of nitrogens with zero attached hydrogens (tertiary/aromatic N) is 2. The Morgan fingerprint density at radius 2 is 1.84 bits per heavy atom. The molecule has 0 saturated heterocycles. The van der Waals surface area contributed by atoms with Crippen molar-refractivity contribution in [1.29, 1.82) is 0 Å². The van der Waals surface area contributed by atoms with Gasteiger partial charge in [0.2, 0.25) is 0 Å². The summed E-state index contributed by atoms with van der Waals surface area (Å²) in [5.74, 6) is -2.00. The van der Waals surface area contributed by atoms with Crippen molar-refractivity contribution < 1.29 is 23.5 Å². The van der Waals surface area contributed by atoms with Crippen molar-refractivity contribution in [3.8, 4) is 5.69 Å². The number of benzene rings is 2. The van der Waals surface area contributed by atoms with E-state index in [0.29, 0.717) is 17.2 Å². The highest BCUT2D eigenvalue weighted by Gasteiger charge is 2.20. The molecule has 2 N–H and O–H groups in total. The molecule has 0 bridgehead atoms. The number of halogens is 2. The zero-order valence-electron chi connectivity index (χ0n) is 17.3. The third kappa shape index (κ3) is 5.70. The van der Waals surface area contributed by atoms with Crippen LogP contribution in [-0.2, 0) is 14.3 Å². The second-order valence-corrected chi connectivity index (χ2v) is 7.30. The number of aryl methyl sites for hydroxylation is 1. The lowest BCUT2D eigenvalue weighted by atomic mass is 10.2. The minimum Gasteiger partial charge on any atom is -0.454 e. The average Bonchev–Trinajstić information content (AvgIpc) is 3.12. The third-order valence-electron chi connectivity index (χ3n) is 4.34. The van der Waals surface area contributed by atoms with Crippen LogP contribution in [-0.4, -0.2) is 40.2 Å². The van der Waals surface area contributed by atoms with Gasteiger partial charge in [-0.15, -0.1) is 0 Å². The Labute approximate surface area is 188 Å². The number of anilines is 1. The van der Waals surface area contributed by atoms with Crippen molar-refractivity contribution in [2.45, 2.75) is 19.9 Å². The summed E-state index contributed by atoms with van der Waals surface area (Å²) in [6, 6.07) is 12.6. The van der Waals surface area contributed by atoms with E-state index in [0.717, 1.165) is 0 Å². The van der Waals surface area contributed by atoms with Gasteiger partial charge in [0, 0.05) is 6.07 Å². The molecular weight excluding hydrogens is 439 g/mol. The molecule has 2 amide bonds. The minimum absolute atomic E-state index is 0.219. The van der Waals surface area contributed by atoms with Crippen molar-refractivity contribution in [2.75, 3.05) is 11.9 Å². The van der Waals surface area contributed by atoms with Gasteiger partial charge in [0.1, 0.15) is 17.7 Å². The Morgan fingerprint density at radius 3 is 2.53 bits per heavy atom. The Bertz CT molecular complexity index is 1150. The smallest absolute Gasteiger partial charge is 0.328 e. The first-order valence-corrected chi connectivity index (χ1v) is 9.97. The highest BCUT2D eigenvalue weighted by atomic mass is 35.5. The normalized spacial score (nSPS) is 11.5. The number of hydrogen-bond acceptors (Lipinski definition) is 5. The van der Waals surface area contributed by atoms with E-state index in [2.05, 4.69) is 15.7 Å². The van der Waals surface area contributed by atoms with Gasteiger partial charge in [-0.2, -0.15) is 5.10 Å². The predicted molar refractivity (Wildman–Crippen MR) is 116 cm³/mol. The van der Waals surface area contributed by atoms with Gasteiger partial charge in [-0.3, -0.25) is 9.59 Å². The molecular formula is C22H20ClFN4O4. The van der Waals surface area contributed by atoms with Gasteiger partial charge in [0.05, 0.1) is 22.0 Å². The lowest BCUT2D eigenvalue weighted by Crippen LogP contribution is -2.40. The Balaban J connectivity index is 1.56. The zero-order valence-corrected chi connectivity index (χ0v) is 18.0. The average molecular weight is 459 g/mol. The lowest BCUT2D eigenvalue weighted by Gasteiger charge is -2.14. The Kier molecular flexibility index (Phi) is 7.21. The van der Waals surface area contributed by atoms with Crippen molar-refractivity contribution in [3.63, 3.8) is 0 Å². The largest absolute Gasteiger partial charge is 0.454 e.